The van der Waals surface area contributed by atoms with Crippen molar-refractivity contribution in [2.24, 2.45) is 0 Å². The summed E-state index contributed by atoms with van der Waals surface area (Å²) in [5.74, 6) is -0.886. The number of Topliss-reactive ketones (excluding diaryl/α,β-unsaturated/α-hetero) is 1. The largest absolute Gasteiger partial charge is 0.493 e. The standard InChI is InChI=1S/C21H22FN3O6/c1-13(26)14-4-5-17(16(22)10-14)23-6-8-24(9-7-23)21(27)15-11-19(30-2)20(31-3)12-18(15)25(28)29/h4-5,10-12H,6-9H2,1-3H3. The first-order valence-corrected chi connectivity index (χ1v) is 9.52. The third-order valence-corrected chi connectivity index (χ3v) is 5.19. The van der Waals surface area contributed by atoms with Crippen LogP contribution in [-0.2, 0) is 0 Å². The lowest BCUT2D eigenvalue weighted by atomic mass is 10.1. The van der Waals surface area contributed by atoms with Gasteiger partial charge in [-0.25, -0.2) is 4.39 Å². The van der Waals surface area contributed by atoms with Crippen molar-refractivity contribution < 1.29 is 28.4 Å². The summed E-state index contributed by atoms with van der Waals surface area (Å²) in [5.41, 5.74) is 0.147. The van der Waals surface area contributed by atoms with Crippen LogP contribution in [0.25, 0.3) is 0 Å². The molecule has 0 atom stereocenters. The highest BCUT2D eigenvalue weighted by Crippen LogP contribution is 2.35. The number of benzene rings is 2. The molecule has 1 fully saturated rings. The number of nitro benzene ring substituents is 1. The van der Waals surface area contributed by atoms with Gasteiger partial charge in [0, 0.05) is 37.8 Å². The minimum atomic E-state index is -0.641. The Morgan fingerprint density at radius 1 is 1.03 bits per heavy atom. The molecule has 2 aromatic rings. The Labute approximate surface area is 178 Å². The molecule has 0 aromatic heterocycles. The van der Waals surface area contributed by atoms with Crippen molar-refractivity contribution in [1.82, 2.24) is 4.90 Å². The van der Waals surface area contributed by atoms with Crippen molar-refractivity contribution in [3.8, 4) is 11.5 Å². The topological polar surface area (TPSA) is 102 Å². The molecular weight excluding hydrogens is 409 g/mol. The number of anilines is 1. The molecule has 0 unspecified atom stereocenters. The van der Waals surface area contributed by atoms with Crippen molar-refractivity contribution in [2.75, 3.05) is 45.3 Å². The molecule has 164 valence electrons. The Bertz CT molecular complexity index is 1030. The molecule has 0 bridgehead atoms. The smallest absolute Gasteiger partial charge is 0.286 e. The van der Waals surface area contributed by atoms with Gasteiger partial charge in [-0.15, -0.1) is 0 Å². The zero-order valence-corrected chi connectivity index (χ0v) is 17.4. The van der Waals surface area contributed by atoms with Crippen LogP contribution in [0.3, 0.4) is 0 Å². The fourth-order valence-electron chi connectivity index (χ4n) is 3.49. The number of rotatable bonds is 6. The second-order valence-electron chi connectivity index (χ2n) is 6.98. The summed E-state index contributed by atoms with van der Waals surface area (Å²) in [4.78, 5) is 38.5. The number of halogens is 1. The van der Waals surface area contributed by atoms with E-state index in [9.17, 15) is 24.1 Å². The zero-order chi connectivity index (χ0) is 22.7. The van der Waals surface area contributed by atoms with Crippen LogP contribution in [0.5, 0.6) is 11.5 Å². The lowest BCUT2D eigenvalue weighted by Gasteiger charge is -2.36. The van der Waals surface area contributed by atoms with E-state index in [4.69, 9.17) is 9.47 Å². The summed E-state index contributed by atoms with van der Waals surface area (Å²) < 4.78 is 24.7. The van der Waals surface area contributed by atoms with E-state index in [2.05, 4.69) is 0 Å². The van der Waals surface area contributed by atoms with E-state index in [0.29, 0.717) is 18.8 Å². The highest BCUT2D eigenvalue weighted by atomic mass is 19.1. The van der Waals surface area contributed by atoms with Gasteiger partial charge in [0.2, 0.25) is 0 Å². The summed E-state index contributed by atoms with van der Waals surface area (Å²) >= 11 is 0. The minimum Gasteiger partial charge on any atom is -0.493 e. The van der Waals surface area contributed by atoms with E-state index in [0.717, 1.165) is 6.07 Å². The maximum atomic E-state index is 14.4. The van der Waals surface area contributed by atoms with Gasteiger partial charge in [0.25, 0.3) is 11.6 Å². The molecule has 0 saturated carbocycles. The van der Waals surface area contributed by atoms with E-state index >= 15 is 0 Å². The molecule has 0 aliphatic carbocycles. The lowest BCUT2D eigenvalue weighted by molar-refractivity contribution is -0.385. The number of carbonyl (C=O) groups excluding carboxylic acids is 2. The first-order chi connectivity index (χ1) is 14.8. The monoisotopic (exact) mass is 431 g/mol. The summed E-state index contributed by atoms with van der Waals surface area (Å²) in [7, 11) is 2.73. The van der Waals surface area contributed by atoms with Crippen LogP contribution < -0.4 is 14.4 Å². The number of nitro groups is 1. The van der Waals surface area contributed by atoms with Crippen LogP contribution in [0.2, 0.25) is 0 Å². The maximum Gasteiger partial charge on any atom is 0.286 e. The number of nitrogens with zero attached hydrogens (tertiary/aromatic N) is 3. The van der Waals surface area contributed by atoms with E-state index in [1.807, 2.05) is 0 Å². The third-order valence-electron chi connectivity index (χ3n) is 5.19. The number of piperazine rings is 1. The average Bonchev–Trinajstić information content (AvgIpc) is 2.77. The van der Waals surface area contributed by atoms with Crippen LogP contribution in [0.1, 0.15) is 27.6 Å². The number of hydrogen-bond donors (Lipinski definition) is 0. The zero-order valence-electron chi connectivity index (χ0n) is 17.4. The highest BCUT2D eigenvalue weighted by Gasteiger charge is 2.30. The molecule has 1 heterocycles. The number of methoxy groups -OCH3 is 2. The molecule has 0 spiro atoms. The Kier molecular flexibility index (Phi) is 6.38. The van der Waals surface area contributed by atoms with Gasteiger partial charge in [-0.1, -0.05) is 0 Å². The normalized spacial score (nSPS) is 13.7. The van der Waals surface area contributed by atoms with Gasteiger partial charge in [-0.05, 0) is 25.1 Å². The van der Waals surface area contributed by atoms with E-state index < -0.39 is 16.6 Å². The van der Waals surface area contributed by atoms with Crippen LogP contribution in [0.15, 0.2) is 30.3 Å². The van der Waals surface area contributed by atoms with Gasteiger partial charge in [-0.3, -0.25) is 19.7 Å². The summed E-state index contributed by atoms with van der Waals surface area (Å²) in [6.45, 7) is 2.54. The van der Waals surface area contributed by atoms with E-state index in [1.165, 1.54) is 38.2 Å². The molecule has 1 aliphatic heterocycles. The van der Waals surface area contributed by atoms with Gasteiger partial charge in [-0.2, -0.15) is 0 Å². The number of ketones is 1. The van der Waals surface area contributed by atoms with Crippen LogP contribution in [0, 0.1) is 15.9 Å². The molecule has 10 heteroatoms. The van der Waals surface area contributed by atoms with Gasteiger partial charge < -0.3 is 19.3 Å². The fourth-order valence-corrected chi connectivity index (χ4v) is 3.49. The third kappa shape index (κ3) is 4.42. The molecule has 0 N–H and O–H groups in total. The number of ether oxygens (including phenoxy) is 2. The molecule has 2 aromatic carbocycles. The Morgan fingerprint density at radius 3 is 2.16 bits per heavy atom. The predicted molar refractivity (Wildman–Crippen MR) is 111 cm³/mol. The van der Waals surface area contributed by atoms with Gasteiger partial charge in [0.1, 0.15) is 11.4 Å². The van der Waals surface area contributed by atoms with Crippen molar-refractivity contribution >= 4 is 23.1 Å². The predicted octanol–water partition coefficient (Wildman–Crippen LogP) is 2.92. The average molecular weight is 431 g/mol. The second-order valence-corrected chi connectivity index (χ2v) is 6.98. The quantitative estimate of drug-likeness (QED) is 0.394. The van der Waals surface area contributed by atoms with Gasteiger partial charge >= 0.3 is 0 Å². The van der Waals surface area contributed by atoms with Crippen LogP contribution in [-0.4, -0.2) is 61.9 Å². The summed E-state index contributed by atoms with van der Waals surface area (Å²) in [6, 6.07) is 6.76. The molecule has 1 amide bonds. The molecule has 1 aliphatic rings. The van der Waals surface area contributed by atoms with E-state index in [-0.39, 0.29) is 47.2 Å². The Balaban J connectivity index is 1.79. The Morgan fingerprint density at radius 2 is 1.65 bits per heavy atom. The molecule has 31 heavy (non-hydrogen) atoms. The minimum absolute atomic E-state index is 0.104. The van der Waals surface area contributed by atoms with Gasteiger partial charge in [0.15, 0.2) is 17.3 Å². The van der Waals surface area contributed by atoms with E-state index in [1.54, 1.807) is 17.0 Å². The fraction of sp³-hybridized carbons (Fsp3) is 0.333. The Hall–Kier alpha value is -3.69. The summed E-state index contributed by atoms with van der Waals surface area (Å²) in [5, 5.41) is 11.5. The van der Waals surface area contributed by atoms with Crippen LogP contribution >= 0.6 is 0 Å². The number of amides is 1. The SMILES string of the molecule is COc1cc(C(=O)N2CCN(c3ccc(C(C)=O)cc3F)CC2)c([N+](=O)[O-])cc1OC. The summed E-state index contributed by atoms with van der Waals surface area (Å²) in [6.07, 6.45) is 0. The molecule has 1 saturated heterocycles. The van der Waals surface area contributed by atoms with Crippen molar-refractivity contribution in [3.63, 3.8) is 0 Å². The number of hydrogen-bond acceptors (Lipinski definition) is 7. The van der Waals surface area contributed by atoms with Crippen LogP contribution in [0.4, 0.5) is 15.8 Å². The first kappa shape index (κ1) is 22.0. The van der Waals surface area contributed by atoms with Crippen molar-refractivity contribution in [1.29, 1.82) is 0 Å². The van der Waals surface area contributed by atoms with Gasteiger partial charge in [0.05, 0.1) is 30.9 Å². The molecule has 9 nitrogen and oxygen atoms in total. The maximum absolute atomic E-state index is 14.4. The van der Waals surface area contributed by atoms with Crippen molar-refractivity contribution in [2.45, 2.75) is 6.92 Å². The molecule has 0 radical (unpaired) electrons. The van der Waals surface area contributed by atoms with Crippen molar-refractivity contribution in [3.05, 3.63) is 57.4 Å². The first-order valence-electron chi connectivity index (χ1n) is 9.52. The highest BCUT2D eigenvalue weighted by molar-refractivity contribution is 5.99. The lowest BCUT2D eigenvalue weighted by Crippen LogP contribution is -2.49. The molecule has 3 rings (SSSR count). The molecular formula is C21H22FN3O6. The second kappa shape index (κ2) is 8.99. The number of carbonyl (C=O) groups is 2.